The molecule has 0 spiro atoms. The Labute approximate surface area is 86.9 Å². The van der Waals surface area contributed by atoms with E-state index in [1.165, 1.54) is 13.2 Å². The Balaban J connectivity index is 3.21. The Bertz CT molecular complexity index is 413. The zero-order valence-corrected chi connectivity index (χ0v) is 9.29. The van der Waals surface area contributed by atoms with E-state index in [2.05, 4.69) is 0 Å². The second-order valence-corrected chi connectivity index (χ2v) is 4.85. The fourth-order valence-electron chi connectivity index (χ4n) is 1.25. The van der Waals surface area contributed by atoms with E-state index >= 15 is 0 Å². The van der Waals surface area contributed by atoms with E-state index in [9.17, 15) is 8.96 Å². The highest BCUT2D eigenvalue weighted by atomic mass is 31.2. The lowest BCUT2D eigenvalue weighted by Crippen LogP contribution is -1.99. The van der Waals surface area contributed by atoms with Crippen molar-refractivity contribution in [3.05, 3.63) is 29.1 Å². The Hall–Kier alpha value is -0.900. The molecule has 2 N–H and O–H groups in total. The number of benzene rings is 1. The zero-order valence-electron chi connectivity index (χ0n) is 8.40. The van der Waals surface area contributed by atoms with Gasteiger partial charge in [0.1, 0.15) is 0 Å². The van der Waals surface area contributed by atoms with Gasteiger partial charge in [-0.2, -0.15) is 0 Å². The Morgan fingerprint density at radius 2 is 2.07 bits per heavy atom. The van der Waals surface area contributed by atoms with E-state index in [1.807, 2.05) is 0 Å². The third-order valence-corrected chi connectivity index (χ3v) is 2.75. The Kier molecular flexibility index (Phi) is 3.50. The van der Waals surface area contributed by atoms with Crippen LogP contribution in [-0.2, 0) is 10.7 Å². The molecule has 0 bridgehead atoms. The Morgan fingerprint density at radius 1 is 1.47 bits per heavy atom. The third kappa shape index (κ3) is 3.02. The second kappa shape index (κ2) is 4.31. The van der Waals surface area contributed by atoms with E-state index in [4.69, 9.17) is 14.5 Å². The number of hydrogen-bond acceptors (Lipinski definition) is 2. The lowest BCUT2D eigenvalue weighted by atomic mass is 10.1. The van der Waals surface area contributed by atoms with Crippen molar-refractivity contribution < 1.29 is 23.5 Å². The number of hydrogen-bond donors (Lipinski definition) is 2. The Morgan fingerprint density at radius 3 is 2.53 bits per heavy atom. The molecule has 84 valence electrons. The van der Waals surface area contributed by atoms with Crippen molar-refractivity contribution in [3.8, 4) is 5.75 Å². The first-order valence-electron chi connectivity index (χ1n) is 4.21. The average Bonchev–Trinajstić information content (AvgIpc) is 2.11. The maximum atomic E-state index is 13.6. The van der Waals surface area contributed by atoms with Crippen LogP contribution in [0.15, 0.2) is 12.1 Å². The third-order valence-electron chi connectivity index (χ3n) is 2.03. The van der Waals surface area contributed by atoms with Crippen LogP contribution in [0.1, 0.15) is 11.1 Å². The van der Waals surface area contributed by atoms with Gasteiger partial charge in [-0.25, -0.2) is 4.39 Å². The van der Waals surface area contributed by atoms with Gasteiger partial charge >= 0.3 is 7.60 Å². The predicted molar refractivity (Wildman–Crippen MR) is 53.4 cm³/mol. The minimum absolute atomic E-state index is 0.00248. The molecule has 1 rings (SSSR count). The summed E-state index contributed by atoms with van der Waals surface area (Å²) in [6, 6.07) is 2.99. The molecule has 0 aliphatic carbocycles. The van der Waals surface area contributed by atoms with Crippen molar-refractivity contribution >= 4 is 7.60 Å². The molecule has 0 amide bonds. The first-order chi connectivity index (χ1) is 6.85. The molecule has 0 atom stereocenters. The number of ether oxygens (including phenoxy) is 1. The molecule has 15 heavy (non-hydrogen) atoms. The van der Waals surface area contributed by atoms with Crippen molar-refractivity contribution in [3.63, 3.8) is 0 Å². The van der Waals surface area contributed by atoms with Crippen LogP contribution in [-0.4, -0.2) is 16.9 Å². The van der Waals surface area contributed by atoms with Crippen molar-refractivity contribution in [1.29, 1.82) is 0 Å². The van der Waals surface area contributed by atoms with Gasteiger partial charge in [-0.3, -0.25) is 4.57 Å². The monoisotopic (exact) mass is 234 g/mol. The quantitative estimate of drug-likeness (QED) is 0.783. The maximum Gasteiger partial charge on any atom is 0.330 e. The summed E-state index contributed by atoms with van der Waals surface area (Å²) in [5, 5.41) is 0. The van der Waals surface area contributed by atoms with E-state index in [1.54, 1.807) is 13.0 Å². The van der Waals surface area contributed by atoms with Gasteiger partial charge in [-0.1, -0.05) is 6.07 Å². The van der Waals surface area contributed by atoms with Crippen molar-refractivity contribution in [2.24, 2.45) is 0 Å². The summed E-state index contributed by atoms with van der Waals surface area (Å²) in [5.74, 6) is -0.718. The zero-order chi connectivity index (χ0) is 11.6. The van der Waals surface area contributed by atoms with Crippen molar-refractivity contribution in [2.45, 2.75) is 13.1 Å². The highest BCUT2D eigenvalue weighted by Gasteiger charge is 2.20. The van der Waals surface area contributed by atoms with Gasteiger partial charge in [0, 0.05) is 5.56 Å². The molecule has 0 saturated heterocycles. The van der Waals surface area contributed by atoms with Crippen LogP contribution in [0.3, 0.4) is 0 Å². The maximum absolute atomic E-state index is 13.6. The van der Waals surface area contributed by atoms with Gasteiger partial charge in [0.2, 0.25) is 0 Å². The van der Waals surface area contributed by atoms with Crippen LogP contribution >= 0.6 is 7.60 Å². The lowest BCUT2D eigenvalue weighted by molar-refractivity contribution is 0.367. The highest BCUT2D eigenvalue weighted by Crippen LogP contribution is 2.41. The standard InChI is InChI=1S/C9H12FO4P/c1-6-3-4-8(14-2)9(10)7(6)5-15(11,12)13/h3-4H,5H2,1-2H3,(H2,11,12,13). The summed E-state index contributed by atoms with van der Waals surface area (Å²) in [6.45, 7) is 1.59. The summed E-state index contributed by atoms with van der Waals surface area (Å²) < 4.78 is 29.1. The molecule has 0 fully saturated rings. The van der Waals surface area contributed by atoms with Gasteiger partial charge in [0.25, 0.3) is 0 Å². The highest BCUT2D eigenvalue weighted by molar-refractivity contribution is 7.50. The largest absolute Gasteiger partial charge is 0.494 e. The molecular formula is C9H12FO4P. The molecule has 4 nitrogen and oxygen atoms in total. The average molecular weight is 234 g/mol. The van der Waals surface area contributed by atoms with Crippen molar-refractivity contribution in [2.75, 3.05) is 7.11 Å². The molecule has 1 aromatic carbocycles. The van der Waals surface area contributed by atoms with Crippen LogP contribution in [0.5, 0.6) is 5.75 Å². The molecule has 0 aliphatic heterocycles. The van der Waals surface area contributed by atoms with Crippen LogP contribution in [0.4, 0.5) is 4.39 Å². The fourth-order valence-corrected chi connectivity index (χ4v) is 2.05. The molecule has 0 heterocycles. The number of aryl methyl sites for hydroxylation is 1. The smallest absolute Gasteiger partial charge is 0.330 e. The van der Waals surface area contributed by atoms with Gasteiger partial charge in [0.05, 0.1) is 13.3 Å². The van der Waals surface area contributed by atoms with E-state index in [0.717, 1.165) is 0 Å². The number of methoxy groups -OCH3 is 1. The van der Waals surface area contributed by atoms with E-state index in [-0.39, 0.29) is 11.3 Å². The molecule has 1 aromatic rings. The van der Waals surface area contributed by atoms with Gasteiger partial charge in [0.15, 0.2) is 11.6 Å². The first-order valence-corrected chi connectivity index (χ1v) is 6.01. The molecule has 6 heteroatoms. The lowest BCUT2D eigenvalue weighted by Gasteiger charge is -2.11. The summed E-state index contributed by atoms with van der Waals surface area (Å²) in [7, 11) is -2.97. The minimum atomic E-state index is -4.27. The van der Waals surface area contributed by atoms with E-state index in [0.29, 0.717) is 5.56 Å². The molecular weight excluding hydrogens is 222 g/mol. The second-order valence-electron chi connectivity index (χ2n) is 3.20. The van der Waals surface area contributed by atoms with Gasteiger partial charge < -0.3 is 14.5 Å². The number of rotatable bonds is 3. The minimum Gasteiger partial charge on any atom is -0.494 e. The SMILES string of the molecule is COc1ccc(C)c(CP(=O)(O)O)c1F. The first kappa shape index (κ1) is 12.2. The van der Waals surface area contributed by atoms with Gasteiger partial charge in [-0.15, -0.1) is 0 Å². The normalized spacial score (nSPS) is 11.5. The molecule has 0 saturated carbocycles. The topological polar surface area (TPSA) is 66.8 Å². The molecule has 0 aromatic heterocycles. The summed E-state index contributed by atoms with van der Waals surface area (Å²) >= 11 is 0. The fraction of sp³-hybridized carbons (Fsp3) is 0.333. The van der Waals surface area contributed by atoms with Crippen LogP contribution in [0.2, 0.25) is 0 Å². The summed E-state index contributed by atoms with van der Waals surface area (Å²) in [4.78, 5) is 17.6. The summed E-state index contributed by atoms with van der Waals surface area (Å²) in [5.41, 5.74) is 0.499. The molecule has 0 aliphatic rings. The van der Waals surface area contributed by atoms with Gasteiger partial charge in [-0.05, 0) is 18.6 Å². The van der Waals surface area contributed by atoms with Crippen LogP contribution < -0.4 is 4.74 Å². The number of halogens is 1. The van der Waals surface area contributed by atoms with Crippen molar-refractivity contribution in [1.82, 2.24) is 0 Å². The predicted octanol–water partition coefficient (Wildman–Crippen LogP) is 1.82. The van der Waals surface area contributed by atoms with Crippen LogP contribution in [0.25, 0.3) is 0 Å². The van der Waals surface area contributed by atoms with E-state index < -0.39 is 19.6 Å². The molecule has 0 unspecified atom stereocenters. The molecule has 0 radical (unpaired) electrons. The summed E-state index contributed by atoms with van der Waals surface area (Å²) in [6.07, 6.45) is -0.609. The van der Waals surface area contributed by atoms with Crippen LogP contribution in [0, 0.1) is 12.7 Å².